The summed E-state index contributed by atoms with van der Waals surface area (Å²) in [5.41, 5.74) is 3.70. The third-order valence-corrected chi connectivity index (χ3v) is 5.25. The zero-order chi connectivity index (χ0) is 18.3. The van der Waals surface area contributed by atoms with Crippen molar-refractivity contribution >= 4 is 17.4 Å². The van der Waals surface area contributed by atoms with Gasteiger partial charge in [0.1, 0.15) is 5.82 Å². The first kappa shape index (κ1) is 16.7. The smallest absolute Gasteiger partial charge is 0.232 e. The number of ketones is 1. The molecular formula is C22H20FNO2. The molecule has 1 atom stereocenters. The van der Waals surface area contributed by atoms with Crippen LogP contribution in [0.5, 0.6) is 0 Å². The third kappa shape index (κ3) is 2.75. The normalized spacial score (nSPS) is 20.4. The Kier molecular flexibility index (Phi) is 4.19. The first-order valence-electron chi connectivity index (χ1n) is 8.96. The second kappa shape index (κ2) is 6.52. The molecule has 0 radical (unpaired) electrons. The number of hydrogen-bond donors (Lipinski definition) is 0. The molecule has 3 nitrogen and oxygen atoms in total. The van der Waals surface area contributed by atoms with Crippen LogP contribution in [-0.2, 0) is 9.59 Å². The number of amides is 1. The summed E-state index contributed by atoms with van der Waals surface area (Å²) in [7, 11) is 0. The van der Waals surface area contributed by atoms with Crippen LogP contribution >= 0.6 is 0 Å². The van der Waals surface area contributed by atoms with Crippen molar-refractivity contribution in [3.05, 3.63) is 76.7 Å². The molecule has 26 heavy (non-hydrogen) atoms. The molecule has 1 aliphatic carbocycles. The molecule has 0 spiro atoms. The second-order valence-corrected chi connectivity index (χ2v) is 6.99. The topological polar surface area (TPSA) is 37.4 Å². The van der Waals surface area contributed by atoms with Crippen LogP contribution in [0.3, 0.4) is 0 Å². The van der Waals surface area contributed by atoms with Crippen molar-refractivity contribution in [2.75, 3.05) is 4.90 Å². The number of benzene rings is 2. The number of aryl methyl sites for hydroxylation is 1. The van der Waals surface area contributed by atoms with Gasteiger partial charge in [-0.05, 0) is 37.5 Å². The summed E-state index contributed by atoms with van der Waals surface area (Å²) in [6, 6.07) is 14.2. The maximum atomic E-state index is 14.4. The van der Waals surface area contributed by atoms with Crippen molar-refractivity contribution in [3.63, 3.8) is 0 Å². The molecular weight excluding hydrogens is 329 g/mol. The van der Waals surface area contributed by atoms with Crippen LogP contribution < -0.4 is 4.90 Å². The molecule has 1 heterocycles. The molecule has 0 saturated heterocycles. The Morgan fingerprint density at radius 1 is 1.00 bits per heavy atom. The highest BCUT2D eigenvalue weighted by molar-refractivity contribution is 6.07. The Balaban J connectivity index is 1.87. The zero-order valence-corrected chi connectivity index (χ0v) is 14.7. The number of nitrogens with zero attached hydrogens (tertiary/aromatic N) is 1. The van der Waals surface area contributed by atoms with Crippen LogP contribution in [0.4, 0.5) is 10.1 Å². The van der Waals surface area contributed by atoms with Crippen molar-refractivity contribution in [1.29, 1.82) is 0 Å². The van der Waals surface area contributed by atoms with Gasteiger partial charge in [-0.3, -0.25) is 14.5 Å². The van der Waals surface area contributed by atoms with Crippen LogP contribution in [0.2, 0.25) is 0 Å². The fourth-order valence-corrected chi connectivity index (χ4v) is 3.99. The van der Waals surface area contributed by atoms with Crippen LogP contribution in [-0.4, -0.2) is 11.7 Å². The first-order valence-corrected chi connectivity index (χ1v) is 8.96. The van der Waals surface area contributed by atoms with E-state index in [0.717, 1.165) is 11.1 Å². The van der Waals surface area contributed by atoms with Gasteiger partial charge in [-0.1, -0.05) is 42.0 Å². The molecule has 0 N–H and O–H groups in total. The van der Waals surface area contributed by atoms with E-state index in [-0.39, 0.29) is 29.7 Å². The minimum absolute atomic E-state index is 0.0747. The Morgan fingerprint density at radius 2 is 1.73 bits per heavy atom. The third-order valence-electron chi connectivity index (χ3n) is 5.25. The Morgan fingerprint density at radius 3 is 2.46 bits per heavy atom. The van der Waals surface area contributed by atoms with Gasteiger partial charge < -0.3 is 0 Å². The van der Waals surface area contributed by atoms with Crippen molar-refractivity contribution in [3.8, 4) is 0 Å². The van der Waals surface area contributed by atoms with Crippen LogP contribution in [0, 0.1) is 12.7 Å². The van der Waals surface area contributed by atoms with E-state index in [2.05, 4.69) is 0 Å². The van der Waals surface area contributed by atoms with Crippen LogP contribution in [0.1, 0.15) is 42.7 Å². The standard InChI is InChI=1S/C22H20FNO2/c1-14-9-11-15(12-10-14)16-13-21(26)24(18-6-3-2-5-17(18)23)19-7-4-8-20(25)22(16)19/h2-3,5-6,9-12,16H,4,7-8,13H2,1H3. The number of para-hydroxylation sites is 1. The largest absolute Gasteiger partial charge is 0.294 e. The molecule has 0 aromatic heterocycles. The van der Waals surface area contributed by atoms with Gasteiger partial charge in [0.2, 0.25) is 5.91 Å². The summed E-state index contributed by atoms with van der Waals surface area (Å²) in [6.07, 6.45) is 1.97. The summed E-state index contributed by atoms with van der Waals surface area (Å²) in [4.78, 5) is 27.2. The van der Waals surface area contributed by atoms with Gasteiger partial charge >= 0.3 is 0 Å². The van der Waals surface area contributed by atoms with E-state index in [1.165, 1.54) is 11.0 Å². The highest BCUT2D eigenvalue weighted by Crippen LogP contribution is 2.43. The Bertz CT molecular complexity index is 914. The van der Waals surface area contributed by atoms with Gasteiger partial charge in [-0.25, -0.2) is 4.39 Å². The van der Waals surface area contributed by atoms with Crippen molar-refractivity contribution in [2.24, 2.45) is 0 Å². The highest BCUT2D eigenvalue weighted by atomic mass is 19.1. The van der Waals surface area contributed by atoms with Gasteiger partial charge in [0, 0.05) is 30.0 Å². The van der Waals surface area contributed by atoms with E-state index < -0.39 is 5.82 Å². The maximum absolute atomic E-state index is 14.4. The number of halogens is 1. The number of carbonyl (C=O) groups is 2. The second-order valence-electron chi connectivity index (χ2n) is 6.99. The molecule has 1 amide bonds. The SMILES string of the molecule is Cc1ccc(C2CC(=O)N(c3ccccc3F)C3=C2C(=O)CCC3)cc1. The van der Waals surface area contributed by atoms with Gasteiger partial charge in [0.25, 0.3) is 0 Å². The molecule has 2 aromatic carbocycles. The fraction of sp³-hybridized carbons (Fsp3) is 0.273. The van der Waals surface area contributed by atoms with E-state index >= 15 is 0 Å². The summed E-state index contributed by atoms with van der Waals surface area (Å²) in [5.74, 6) is -0.770. The van der Waals surface area contributed by atoms with Gasteiger partial charge in [-0.15, -0.1) is 0 Å². The lowest BCUT2D eigenvalue weighted by Crippen LogP contribution is -2.41. The van der Waals surface area contributed by atoms with Gasteiger partial charge in [0.05, 0.1) is 5.69 Å². The fourth-order valence-electron chi connectivity index (χ4n) is 3.99. The van der Waals surface area contributed by atoms with Gasteiger partial charge in [0.15, 0.2) is 5.78 Å². The predicted molar refractivity (Wildman–Crippen MR) is 98.3 cm³/mol. The first-order chi connectivity index (χ1) is 12.6. The molecule has 0 bridgehead atoms. The molecule has 1 aliphatic heterocycles. The average Bonchev–Trinajstić information content (AvgIpc) is 2.63. The van der Waals surface area contributed by atoms with E-state index in [0.29, 0.717) is 30.5 Å². The summed E-state index contributed by atoms with van der Waals surface area (Å²) in [5, 5.41) is 0. The van der Waals surface area contributed by atoms with Crippen molar-refractivity contribution < 1.29 is 14.0 Å². The monoisotopic (exact) mass is 349 g/mol. The molecule has 0 saturated carbocycles. The Labute approximate surface area is 152 Å². The van der Waals surface area contributed by atoms with Crippen LogP contribution in [0.25, 0.3) is 0 Å². The number of carbonyl (C=O) groups excluding carboxylic acids is 2. The molecule has 2 aliphatic rings. The minimum Gasteiger partial charge on any atom is -0.294 e. The van der Waals surface area contributed by atoms with Gasteiger partial charge in [-0.2, -0.15) is 0 Å². The lowest BCUT2D eigenvalue weighted by molar-refractivity contribution is -0.120. The zero-order valence-electron chi connectivity index (χ0n) is 14.7. The minimum atomic E-state index is -0.445. The summed E-state index contributed by atoms with van der Waals surface area (Å²) < 4.78 is 14.4. The van der Waals surface area contributed by atoms with E-state index in [1.54, 1.807) is 18.2 Å². The summed E-state index contributed by atoms with van der Waals surface area (Å²) in [6.45, 7) is 2.01. The van der Waals surface area contributed by atoms with Crippen molar-refractivity contribution in [2.45, 2.75) is 38.5 Å². The van der Waals surface area contributed by atoms with E-state index in [4.69, 9.17) is 0 Å². The number of Topliss-reactive ketones (excluding diaryl/α,β-unsaturated/α-hetero) is 1. The molecule has 0 fully saturated rings. The predicted octanol–water partition coefficient (Wildman–Crippen LogP) is 4.66. The lowest BCUT2D eigenvalue weighted by atomic mass is 9.77. The Hall–Kier alpha value is -2.75. The summed E-state index contributed by atoms with van der Waals surface area (Å²) >= 11 is 0. The van der Waals surface area contributed by atoms with Crippen LogP contribution in [0.15, 0.2) is 59.8 Å². The van der Waals surface area contributed by atoms with Crippen molar-refractivity contribution in [1.82, 2.24) is 0 Å². The number of hydrogen-bond acceptors (Lipinski definition) is 2. The average molecular weight is 349 g/mol. The lowest BCUT2D eigenvalue weighted by Gasteiger charge is -2.38. The number of anilines is 1. The number of rotatable bonds is 2. The molecule has 2 aromatic rings. The molecule has 132 valence electrons. The maximum Gasteiger partial charge on any atom is 0.232 e. The van der Waals surface area contributed by atoms with E-state index in [1.807, 2.05) is 31.2 Å². The molecule has 4 heteroatoms. The molecule has 4 rings (SSSR count). The molecule has 1 unspecified atom stereocenters. The number of allylic oxidation sites excluding steroid dienone is 2. The highest BCUT2D eigenvalue weighted by Gasteiger charge is 2.40. The van der Waals surface area contributed by atoms with E-state index in [9.17, 15) is 14.0 Å². The quantitative estimate of drug-likeness (QED) is 0.791.